The van der Waals surface area contributed by atoms with Crippen LogP contribution in [0.25, 0.3) is 0 Å². The van der Waals surface area contributed by atoms with E-state index in [9.17, 15) is 4.79 Å². The van der Waals surface area contributed by atoms with Crippen LogP contribution >= 0.6 is 0 Å². The Kier molecular flexibility index (Phi) is 4.22. The molecule has 0 bridgehead atoms. The van der Waals surface area contributed by atoms with Crippen molar-refractivity contribution >= 4 is 5.91 Å². The lowest BCUT2D eigenvalue weighted by Crippen LogP contribution is -2.34. The van der Waals surface area contributed by atoms with E-state index in [0.29, 0.717) is 11.9 Å². The molecule has 1 atom stereocenters. The summed E-state index contributed by atoms with van der Waals surface area (Å²) >= 11 is 0. The van der Waals surface area contributed by atoms with Gasteiger partial charge in [-0.2, -0.15) is 0 Å². The van der Waals surface area contributed by atoms with Crippen molar-refractivity contribution < 1.29 is 4.79 Å². The first kappa shape index (κ1) is 11.9. The standard InChI is InChI=1S/C13H24N2O/c1-2-15(12-6-7-12)13(16)8-5-11-4-3-9-14-10-11/h11-12,14H,2-10H2,1H3. The van der Waals surface area contributed by atoms with Crippen molar-refractivity contribution in [3.8, 4) is 0 Å². The fourth-order valence-corrected chi connectivity index (χ4v) is 2.67. The van der Waals surface area contributed by atoms with Crippen molar-refractivity contribution in [3.63, 3.8) is 0 Å². The molecule has 1 N–H and O–H groups in total. The van der Waals surface area contributed by atoms with Crippen LogP contribution in [0.1, 0.15) is 45.4 Å². The van der Waals surface area contributed by atoms with E-state index in [1.807, 2.05) is 0 Å². The molecule has 16 heavy (non-hydrogen) atoms. The van der Waals surface area contributed by atoms with Gasteiger partial charge in [0.15, 0.2) is 0 Å². The molecule has 3 heteroatoms. The maximum Gasteiger partial charge on any atom is 0.222 e. The summed E-state index contributed by atoms with van der Waals surface area (Å²) in [5.74, 6) is 1.12. The summed E-state index contributed by atoms with van der Waals surface area (Å²) in [6.45, 7) is 5.27. The van der Waals surface area contributed by atoms with Crippen LogP contribution in [0, 0.1) is 5.92 Å². The van der Waals surface area contributed by atoms with Crippen LogP contribution in [0.3, 0.4) is 0 Å². The Bertz CT molecular complexity index is 232. The van der Waals surface area contributed by atoms with Gasteiger partial charge < -0.3 is 10.2 Å². The molecule has 0 aromatic heterocycles. The van der Waals surface area contributed by atoms with Gasteiger partial charge >= 0.3 is 0 Å². The van der Waals surface area contributed by atoms with Gasteiger partial charge in [-0.15, -0.1) is 0 Å². The third-order valence-corrected chi connectivity index (χ3v) is 3.81. The van der Waals surface area contributed by atoms with Gasteiger partial charge in [-0.05, 0) is 58.0 Å². The molecule has 1 amide bonds. The molecule has 2 fully saturated rings. The molecule has 2 aliphatic rings. The molecule has 1 saturated heterocycles. The molecule has 3 nitrogen and oxygen atoms in total. The van der Waals surface area contributed by atoms with Crippen molar-refractivity contribution in [2.75, 3.05) is 19.6 Å². The summed E-state index contributed by atoms with van der Waals surface area (Å²) in [6, 6.07) is 0.585. The van der Waals surface area contributed by atoms with Crippen LogP contribution in [0.15, 0.2) is 0 Å². The summed E-state index contributed by atoms with van der Waals surface area (Å²) < 4.78 is 0. The number of hydrogen-bond donors (Lipinski definition) is 1. The largest absolute Gasteiger partial charge is 0.340 e. The summed E-state index contributed by atoms with van der Waals surface area (Å²) in [7, 11) is 0. The van der Waals surface area contributed by atoms with Crippen LogP contribution < -0.4 is 5.32 Å². The minimum atomic E-state index is 0.385. The van der Waals surface area contributed by atoms with E-state index >= 15 is 0 Å². The number of nitrogens with one attached hydrogen (secondary N) is 1. The first-order valence-corrected chi connectivity index (χ1v) is 6.81. The lowest BCUT2D eigenvalue weighted by Gasteiger charge is -2.25. The van der Waals surface area contributed by atoms with Gasteiger partial charge in [-0.1, -0.05) is 0 Å². The van der Waals surface area contributed by atoms with Crippen molar-refractivity contribution in [1.82, 2.24) is 10.2 Å². The van der Waals surface area contributed by atoms with Crippen LogP contribution in [-0.2, 0) is 4.79 Å². The first-order chi connectivity index (χ1) is 7.81. The summed E-state index contributed by atoms with van der Waals surface area (Å²) in [5, 5.41) is 3.41. The Balaban J connectivity index is 1.69. The third kappa shape index (κ3) is 3.21. The number of carbonyl (C=O) groups is 1. The Labute approximate surface area is 98.6 Å². The molecule has 1 aliphatic carbocycles. The number of nitrogens with zero attached hydrogens (tertiary/aromatic N) is 1. The number of amides is 1. The fraction of sp³-hybridized carbons (Fsp3) is 0.923. The average Bonchev–Trinajstić information content (AvgIpc) is 3.13. The zero-order valence-corrected chi connectivity index (χ0v) is 10.4. The highest BCUT2D eigenvalue weighted by Crippen LogP contribution is 2.27. The van der Waals surface area contributed by atoms with Crippen LogP contribution in [-0.4, -0.2) is 36.5 Å². The molecule has 1 saturated carbocycles. The highest BCUT2D eigenvalue weighted by atomic mass is 16.2. The van der Waals surface area contributed by atoms with E-state index in [-0.39, 0.29) is 0 Å². The quantitative estimate of drug-likeness (QED) is 0.772. The van der Waals surface area contributed by atoms with Crippen LogP contribution in [0.5, 0.6) is 0 Å². The topological polar surface area (TPSA) is 32.3 Å². The van der Waals surface area contributed by atoms with Crippen LogP contribution in [0.4, 0.5) is 0 Å². The minimum Gasteiger partial charge on any atom is -0.340 e. The van der Waals surface area contributed by atoms with Gasteiger partial charge in [0.2, 0.25) is 5.91 Å². The highest BCUT2D eigenvalue weighted by molar-refractivity contribution is 5.76. The molecule has 2 rings (SSSR count). The molecule has 92 valence electrons. The molecular weight excluding hydrogens is 200 g/mol. The molecule has 1 heterocycles. The van der Waals surface area contributed by atoms with Crippen molar-refractivity contribution in [1.29, 1.82) is 0 Å². The Morgan fingerprint density at radius 3 is 2.75 bits per heavy atom. The smallest absolute Gasteiger partial charge is 0.222 e. The number of carbonyl (C=O) groups excluding carboxylic acids is 1. The second kappa shape index (κ2) is 5.67. The lowest BCUT2D eigenvalue weighted by molar-refractivity contribution is -0.131. The SMILES string of the molecule is CCN(C(=O)CCC1CCCNC1)C1CC1. The molecule has 0 spiro atoms. The number of hydrogen-bond acceptors (Lipinski definition) is 2. The van der Waals surface area contributed by atoms with Crippen molar-refractivity contribution in [2.24, 2.45) is 5.92 Å². The highest BCUT2D eigenvalue weighted by Gasteiger charge is 2.31. The second-order valence-electron chi connectivity index (χ2n) is 5.16. The Morgan fingerprint density at radius 1 is 1.38 bits per heavy atom. The van der Waals surface area contributed by atoms with Gasteiger partial charge in [0.1, 0.15) is 0 Å². The molecule has 1 unspecified atom stereocenters. The van der Waals surface area contributed by atoms with Crippen LogP contribution in [0.2, 0.25) is 0 Å². The summed E-state index contributed by atoms with van der Waals surface area (Å²) in [5.41, 5.74) is 0. The molecule has 0 aromatic rings. The maximum absolute atomic E-state index is 12.0. The van der Waals surface area contributed by atoms with E-state index in [0.717, 1.165) is 38.4 Å². The predicted molar refractivity (Wildman–Crippen MR) is 65.2 cm³/mol. The Hall–Kier alpha value is -0.570. The summed E-state index contributed by atoms with van der Waals surface area (Å²) in [6.07, 6.45) is 6.87. The van der Waals surface area contributed by atoms with E-state index in [2.05, 4.69) is 17.1 Å². The van der Waals surface area contributed by atoms with Crippen molar-refractivity contribution in [2.45, 2.75) is 51.5 Å². The van der Waals surface area contributed by atoms with E-state index < -0.39 is 0 Å². The zero-order chi connectivity index (χ0) is 11.4. The maximum atomic E-state index is 12.0. The minimum absolute atomic E-state index is 0.385. The zero-order valence-electron chi connectivity index (χ0n) is 10.4. The van der Waals surface area contributed by atoms with Gasteiger partial charge in [0.25, 0.3) is 0 Å². The third-order valence-electron chi connectivity index (χ3n) is 3.81. The van der Waals surface area contributed by atoms with Gasteiger partial charge in [-0.25, -0.2) is 0 Å². The van der Waals surface area contributed by atoms with Gasteiger partial charge in [-0.3, -0.25) is 4.79 Å². The Morgan fingerprint density at radius 2 is 2.19 bits per heavy atom. The molecule has 0 radical (unpaired) electrons. The fourth-order valence-electron chi connectivity index (χ4n) is 2.67. The van der Waals surface area contributed by atoms with Gasteiger partial charge in [0, 0.05) is 19.0 Å². The lowest BCUT2D eigenvalue weighted by atomic mass is 9.94. The second-order valence-corrected chi connectivity index (χ2v) is 5.16. The van der Waals surface area contributed by atoms with Crippen molar-refractivity contribution in [3.05, 3.63) is 0 Å². The van der Waals surface area contributed by atoms with E-state index in [1.165, 1.54) is 25.7 Å². The first-order valence-electron chi connectivity index (χ1n) is 6.81. The van der Waals surface area contributed by atoms with E-state index in [4.69, 9.17) is 0 Å². The van der Waals surface area contributed by atoms with Gasteiger partial charge in [0.05, 0.1) is 0 Å². The number of piperidine rings is 1. The average molecular weight is 224 g/mol. The predicted octanol–water partition coefficient (Wildman–Crippen LogP) is 1.78. The molecule has 1 aliphatic heterocycles. The molecular formula is C13H24N2O. The van der Waals surface area contributed by atoms with E-state index in [1.54, 1.807) is 0 Å². The normalized spacial score (nSPS) is 25.4. The number of rotatable bonds is 5. The summed E-state index contributed by atoms with van der Waals surface area (Å²) in [4.78, 5) is 14.1. The molecule has 0 aromatic carbocycles. The monoisotopic (exact) mass is 224 g/mol.